The number of hydrazine groups is 1. The van der Waals surface area contributed by atoms with Crippen molar-refractivity contribution in [3.05, 3.63) is 46.1 Å². The third kappa shape index (κ3) is 6.79. The van der Waals surface area contributed by atoms with Gasteiger partial charge in [-0.25, -0.2) is 5.01 Å². The SMILES string of the molecule is CCCCC(Cc1ccc(Br)cc1)CC(CCC)N1CC=C(CC)N1. The highest BCUT2D eigenvalue weighted by molar-refractivity contribution is 9.10. The van der Waals surface area contributed by atoms with Crippen LogP contribution in [0.4, 0.5) is 0 Å². The Morgan fingerprint density at radius 2 is 1.84 bits per heavy atom. The third-order valence-corrected chi connectivity index (χ3v) is 5.80. The predicted octanol–water partition coefficient (Wildman–Crippen LogP) is 6.47. The second-order valence-electron chi connectivity index (χ2n) is 7.36. The zero-order chi connectivity index (χ0) is 18.1. The van der Waals surface area contributed by atoms with Gasteiger partial charge in [-0.3, -0.25) is 0 Å². The highest BCUT2D eigenvalue weighted by Crippen LogP contribution is 2.26. The number of unbranched alkanes of at least 4 members (excludes halogenated alkanes) is 1. The summed E-state index contributed by atoms with van der Waals surface area (Å²) in [6.07, 6.45) is 12.5. The Hall–Kier alpha value is -0.800. The van der Waals surface area contributed by atoms with Crippen LogP contribution in [-0.2, 0) is 6.42 Å². The molecule has 1 N–H and O–H groups in total. The quantitative estimate of drug-likeness (QED) is 0.452. The molecule has 1 aliphatic rings. The van der Waals surface area contributed by atoms with Gasteiger partial charge in [0.25, 0.3) is 0 Å². The molecule has 140 valence electrons. The van der Waals surface area contributed by atoms with Gasteiger partial charge in [-0.05, 0) is 55.4 Å². The number of allylic oxidation sites excluding steroid dienone is 1. The van der Waals surface area contributed by atoms with Crippen molar-refractivity contribution in [3.63, 3.8) is 0 Å². The van der Waals surface area contributed by atoms with Crippen LogP contribution in [0.1, 0.15) is 71.3 Å². The number of nitrogens with one attached hydrogen (secondary N) is 1. The summed E-state index contributed by atoms with van der Waals surface area (Å²) < 4.78 is 1.17. The van der Waals surface area contributed by atoms with Crippen LogP contribution in [0.15, 0.2) is 40.5 Å². The van der Waals surface area contributed by atoms with Gasteiger partial charge in [-0.2, -0.15) is 0 Å². The van der Waals surface area contributed by atoms with Gasteiger partial charge in [0.15, 0.2) is 0 Å². The van der Waals surface area contributed by atoms with Gasteiger partial charge in [-0.15, -0.1) is 0 Å². The monoisotopic (exact) mass is 406 g/mol. The van der Waals surface area contributed by atoms with E-state index in [4.69, 9.17) is 0 Å². The molecule has 0 spiro atoms. The first kappa shape index (κ1) is 20.5. The summed E-state index contributed by atoms with van der Waals surface area (Å²) in [5.74, 6) is 0.769. The minimum atomic E-state index is 0.641. The van der Waals surface area contributed by atoms with Crippen LogP contribution >= 0.6 is 15.9 Å². The fraction of sp³-hybridized carbons (Fsp3) is 0.636. The van der Waals surface area contributed by atoms with Gasteiger partial charge >= 0.3 is 0 Å². The molecule has 0 saturated heterocycles. The number of hydrogen-bond donors (Lipinski definition) is 1. The maximum absolute atomic E-state index is 3.65. The normalized spacial score (nSPS) is 17.2. The van der Waals surface area contributed by atoms with Crippen molar-refractivity contribution in [2.75, 3.05) is 6.54 Å². The van der Waals surface area contributed by atoms with Crippen molar-refractivity contribution >= 4 is 15.9 Å². The van der Waals surface area contributed by atoms with E-state index in [1.807, 2.05) is 0 Å². The summed E-state index contributed by atoms with van der Waals surface area (Å²) in [6, 6.07) is 9.55. The van der Waals surface area contributed by atoms with Crippen LogP contribution < -0.4 is 5.43 Å². The molecule has 0 bridgehead atoms. The van der Waals surface area contributed by atoms with E-state index in [2.05, 4.69) is 77.5 Å². The van der Waals surface area contributed by atoms with Crippen LogP contribution in [0.25, 0.3) is 0 Å². The molecule has 0 radical (unpaired) electrons. The van der Waals surface area contributed by atoms with Crippen LogP contribution in [-0.4, -0.2) is 17.6 Å². The Labute approximate surface area is 163 Å². The first-order valence-electron chi connectivity index (χ1n) is 10.1. The molecule has 2 nitrogen and oxygen atoms in total. The van der Waals surface area contributed by atoms with Gasteiger partial charge in [0.2, 0.25) is 0 Å². The van der Waals surface area contributed by atoms with Gasteiger partial charge in [0, 0.05) is 22.8 Å². The molecular weight excluding hydrogens is 372 g/mol. The minimum absolute atomic E-state index is 0.641. The van der Waals surface area contributed by atoms with Crippen molar-refractivity contribution in [2.24, 2.45) is 5.92 Å². The van der Waals surface area contributed by atoms with Crippen molar-refractivity contribution in [3.8, 4) is 0 Å². The summed E-state index contributed by atoms with van der Waals surface area (Å²) in [5, 5.41) is 2.49. The molecule has 0 saturated carbocycles. The Kier molecular flexibility index (Phi) is 9.05. The van der Waals surface area contributed by atoms with Crippen LogP contribution in [0, 0.1) is 5.92 Å². The fourth-order valence-electron chi connectivity index (χ4n) is 3.82. The molecule has 0 aliphatic carbocycles. The van der Waals surface area contributed by atoms with E-state index >= 15 is 0 Å². The standard InChI is InChI=1S/C22H35BrN2/c1-4-7-9-19(16-18-10-12-20(23)13-11-18)17-22(8-5-2)25-15-14-21(6-3)24-25/h10-14,19,22,24H,4-9,15-17H2,1-3H3. The van der Waals surface area contributed by atoms with E-state index in [0.717, 1.165) is 18.9 Å². The lowest BCUT2D eigenvalue weighted by Crippen LogP contribution is -2.42. The summed E-state index contributed by atoms with van der Waals surface area (Å²) in [7, 11) is 0. The molecule has 1 aromatic carbocycles. The van der Waals surface area contributed by atoms with Crippen LogP contribution in [0.2, 0.25) is 0 Å². The van der Waals surface area contributed by atoms with Gasteiger partial charge < -0.3 is 5.43 Å². The second-order valence-corrected chi connectivity index (χ2v) is 8.28. The van der Waals surface area contributed by atoms with Gasteiger partial charge in [0.05, 0.1) is 0 Å². The molecule has 0 aromatic heterocycles. The lowest BCUT2D eigenvalue weighted by Gasteiger charge is -2.32. The Morgan fingerprint density at radius 1 is 1.08 bits per heavy atom. The maximum atomic E-state index is 3.65. The largest absolute Gasteiger partial charge is 0.323 e. The van der Waals surface area contributed by atoms with E-state index in [-0.39, 0.29) is 0 Å². The topological polar surface area (TPSA) is 15.3 Å². The highest BCUT2D eigenvalue weighted by atomic mass is 79.9. The average Bonchev–Trinajstić information content (AvgIpc) is 3.10. The van der Waals surface area contributed by atoms with Crippen molar-refractivity contribution in [2.45, 2.75) is 78.2 Å². The van der Waals surface area contributed by atoms with Crippen molar-refractivity contribution in [1.29, 1.82) is 0 Å². The molecule has 1 heterocycles. The smallest absolute Gasteiger partial charge is 0.0382 e. The molecule has 2 atom stereocenters. The number of benzene rings is 1. The summed E-state index contributed by atoms with van der Waals surface area (Å²) in [4.78, 5) is 0. The molecule has 0 fully saturated rings. The average molecular weight is 407 g/mol. The molecule has 2 rings (SSSR count). The van der Waals surface area contributed by atoms with E-state index in [1.54, 1.807) is 0 Å². The molecule has 25 heavy (non-hydrogen) atoms. The van der Waals surface area contributed by atoms with Gasteiger partial charge in [-0.1, -0.05) is 74.5 Å². The third-order valence-electron chi connectivity index (χ3n) is 5.27. The van der Waals surface area contributed by atoms with E-state index in [0.29, 0.717) is 6.04 Å². The number of rotatable bonds is 11. The molecule has 2 unspecified atom stereocenters. The fourth-order valence-corrected chi connectivity index (χ4v) is 4.08. The van der Waals surface area contributed by atoms with E-state index in [1.165, 1.54) is 60.7 Å². The Balaban J connectivity index is 2.00. The maximum Gasteiger partial charge on any atom is 0.0382 e. The van der Waals surface area contributed by atoms with E-state index < -0.39 is 0 Å². The Bertz CT molecular complexity index is 523. The lowest BCUT2D eigenvalue weighted by molar-refractivity contribution is 0.138. The molecule has 1 aromatic rings. The Morgan fingerprint density at radius 3 is 2.44 bits per heavy atom. The second kappa shape index (κ2) is 11.0. The summed E-state index contributed by atoms with van der Waals surface area (Å²) in [5.41, 5.74) is 6.51. The van der Waals surface area contributed by atoms with Crippen molar-refractivity contribution in [1.82, 2.24) is 10.4 Å². The first-order valence-corrected chi connectivity index (χ1v) is 10.9. The van der Waals surface area contributed by atoms with Crippen molar-refractivity contribution < 1.29 is 0 Å². The van der Waals surface area contributed by atoms with E-state index in [9.17, 15) is 0 Å². The predicted molar refractivity (Wildman–Crippen MR) is 112 cm³/mol. The van der Waals surface area contributed by atoms with Gasteiger partial charge in [0.1, 0.15) is 0 Å². The summed E-state index contributed by atoms with van der Waals surface area (Å²) >= 11 is 3.55. The molecular formula is C22H35BrN2. The minimum Gasteiger partial charge on any atom is -0.323 e. The highest BCUT2D eigenvalue weighted by Gasteiger charge is 2.24. The molecule has 3 heteroatoms. The first-order chi connectivity index (χ1) is 12.2. The zero-order valence-corrected chi connectivity index (χ0v) is 17.8. The van der Waals surface area contributed by atoms with Crippen LogP contribution in [0.5, 0.6) is 0 Å². The lowest BCUT2D eigenvalue weighted by atomic mass is 9.87. The molecule has 0 amide bonds. The zero-order valence-electron chi connectivity index (χ0n) is 16.2. The summed E-state index contributed by atoms with van der Waals surface area (Å²) in [6.45, 7) is 7.91. The van der Waals surface area contributed by atoms with Crippen LogP contribution in [0.3, 0.4) is 0 Å². The number of halogens is 1. The molecule has 1 aliphatic heterocycles. The number of nitrogens with zero attached hydrogens (tertiary/aromatic N) is 1. The number of hydrogen-bond acceptors (Lipinski definition) is 2.